The highest BCUT2D eigenvalue weighted by atomic mass is 32.1. The lowest BCUT2D eigenvalue weighted by atomic mass is 10.2. The molecule has 0 atom stereocenters. The average Bonchev–Trinajstić information content (AvgIpc) is 3.10. The van der Waals surface area contributed by atoms with E-state index < -0.39 is 0 Å². The summed E-state index contributed by atoms with van der Waals surface area (Å²) in [6.07, 6.45) is 0. The Morgan fingerprint density at radius 3 is 2.46 bits per heavy atom. The van der Waals surface area contributed by atoms with Crippen LogP contribution in [-0.2, 0) is 11.3 Å². The molecular formula is C18H23N3O2S. The Labute approximate surface area is 146 Å². The number of nitrogens with one attached hydrogen (secondary N) is 1. The summed E-state index contributed by atoms with van der Waals surface area (Å²) in [4.78, 5) is 16.8. The summed E-state index contributed by atoms with van der Waals surface area (Å²) in [5.74, 6) is 0.821. The molecule has 0 saturated carbocycles. The Bertz CT molecular complexity index is 635. The molecule has 1 fully saturated rings. The van der Waals surface area contributed by atoms with Crippen molar-refractivity contribution in [2.24, 2.45) is 0 Å². The van der Waals surface area contributed by atoms with E-state index in [0.717, 1.165) is 44.2 Å². The zero-order chi connectivity index (χ0) is 16.8. The van der Waals surface area contributed by atoms with E-state index in [1.54, 1.807) is 18.4 Å². The predicted molar refractivity (Wildman–Crippen MR) is 97.7 cm³/mol. The van der Waals surface area contributed by atoms with E-state index in [0.29, 0.717) is 6.54 Å². The summed E-state index contributed by atoms with van der Waals surface area (Å²) < 4.78 is 5.12. The predicted octanol–water partition coefficient (Wildman–Crippen LogP) is 2.51. The van der Waals surface area contributed by atoms with Gasteiger partial charge in [-0.15, -0.1) is 0 Å². The van der Waals surface area contributed by atoms with Gasteiger partial charge in [0, 0.05) is 38.4 Å². The molecule has 1 saturated heterocycles. The number of piperazine rings is 1. The minimum absolute atomic E-state index is 0.0338. The Morgan fingerprint density at radius 1 is 1.12 bits per heavy atom. The number of carbonyl (C=O) groups is 1. The second kappa shape index (κ2) is 8.28. The molecule has 2 heterocycles. The van der Waals surface area contributed by atoms with Crippen molar-refractivity contribution in [1.29, 1.82) is 0 Å². The molecule has 24 heavy (non-hydrogen) atoms. The molecule has 1 N–H and O–H groups in total. The number of ether oxygens (including phenoxy) is 1. The van der Waals surface area contributed by atoms with Gasteiger partial charge in [0.25, 0.3) is 0 Å². The minimum Gasteiger partial charge on any atom is -0.497 e. The molecule has 0 bridgehead atoms. The molecule has 0 unspecified atom stereocenters. The lowest BCUT2D eigenvalue weighted by Gasteiger charge is -2.34. The van der Waals surface area contributed by atoms with Gasteiger partial charge in [-0.3, -0.25) is 14.6 Å². The zero-order valence-corrected chi connectivity index (χ0v) is 14.7. The topological polar surface area (TPSA) is 44.8 Å². The van der Waals surface area contributed by atoms with Crippen LogP contribution in [0.25, 0.3) is 0 Å². The number of hydrogen-bond donors (Lipinski definition) is 1. The van der Waals surface area contributed by atoms with Crippen LogP contribution in [0.5, 0.6) is 5.75 Å². The number of amides is 1. The quantitative estimate of drug-likeness (QED) is 0.874. The molecule has 128 valence electrons. The van der Waals surface area contributed by atoms with Crippen LogP contribution in [0.15, 0.2) is 41.1 Å². The molecular weight excluding hydrogens is 322 g/mol. The smallest absolute Gasteiger partial charge is 0.238 e. The van der Waals surface area contributed by atoms with Crippen LogP contribution in [0.3, 0.4) is 0 Å². The third-order valence-electron chi connectivity index (χ3n) is 4.19. The Kier molecular flexibility index (Phi) is 5.85. The van der Waals surface area contributed by atoms with Crippen molar-refractivity contribution in [2.75, 3.05) is 45.2 Å². The molecule has 1 aromatic heterocycles. The lowest BCUT2D eigenvalue weighted by Crippen LogP contribution is -2.48. The van der Waals surface area contributed by atoms with Gasteiger partial charge in [0.15, 0.2) is 0 Å². The van der Waals surface area contributed by atoms with Crippen molar-refractivity contribution < 1.29 is 9.53 Å². The second-order valence-corrected chi connectivity index (χ2v) is 6.74. The third-order valence-corrected chi connectivity index (χ3v) is 4.92. The highest BCUT2D eigenvalue weighted by molar-refractivity contribution is 7.07. The van der Waals surface area contributed by atoms with Crippen molar-refractivity contribution in [3.63, 3.8) is 0 Å². The fourth-order valence-corrected chi connectivity index (χ4v) is 3.48. The summed E-state index contributed by atoms with van der Waals surface area (Å²) in [5, 5.41) is 7.26. The molecule has 0 radical (unpaired) electrons. The van der Waals surface area contributed by atoms with Crippen molar-refractivity contribution >= 4 is 22.9 Å². The van der Waals surface area contributed by atoms with Crippen molar-refractivity contribution in [3.8, 4) is 5.75 Å². The van der Waals surface area contributed by atoms with E-state index in [9.17, 15) is 4.79 Å². The van der Waals surface area contributed by atoms with Gasteiger partial charge >= 0.3 is 0 Å². The highest BCUT2D eigenvalue weighted by Gasteiger charge is 2.19. The van der Waals surface area contributed by atoms with E-state index in [1.807, 2.05) is 24.3 Å². The molecule has 2 aromatic rings. The molecule has 1 aromatic carbocycles. The summed E-state index contributed by atoms with van der Waals surface area (Å²) >= 11 is 1.74. The maximum Gasteiger partial charge on any atom is 0.238 e. The molecule has 0 spiro atoms. The van der Waals surface area contributed by atoms with Crippen molar-refractivity contribution in [2.45, 2.75) is 6.54 Å². The number of anilines is 1. The van der Waals surface area contributed by atoms with Crippen LogP contribution in [0, 0.1) is 0 Å². The number of thiophene rings is 1. The fourth-order valence-electron chi connectivity index (χ4n) is 2.82. The van der Waals surface area contributed by atoms with Crippen LogP contribution in [0.1, 0.15) is 5.56 Å². The van der Waals surface area contributed by atoms with E-state index in [2.05, 4.69) is 31.9 Å². The summed E-state index contributed by atoms with van der Waals surface area (Å²) in [7, 11) is 1.63. The van der Waals surface area contributed by atoms with E-state index in [-0.39, 0.29) is 5.91 Å². The standard InChI is InChI=1S/C18H23N3O2S/c1-23-17-4-2-16(3-5-17)19-18(22)13-21-9-7-20(8-10-21)12-15-6-11-24-14-15/h2-6,11,14H,7-10,12-13H2,1H3,(H,19,22). The third kappa shape index (κ3) is 4.80. The zero-order valence-electron chi connectivity index (χ0n) is 13.9. The van der Waals surface area contributed by atoms with Crippen LogP contribution < -0.4 is 10.1 Å². The number of rotatable bonds is 6. The number of nitrogens with zero attached hydrogens (tertiary/aromatic N) is 2. The van der Waals surface area contributed by atoms with E-state index >= 15 is 0 Å². The van der Waals surface area contributed by atoms with Crippen LogP contribution in [-0.4, -0.2) is 55.5 Å². The van der Waals surface area contributed by atoms with Crippen molar-refractivity contribution in [1.82, 2.24) is 9.80 Å². The van der Waals surface area contributed by atoms with E-state index in [1.165, 1.54) is 5.56 Å². The monoisotopic (exact) mass is 345 g/mol. The van der Waals surface area contributed by atoms with Gasteiger partial charge in [-0.1, -0.05) is 0 Å². The molecule has 6 heteroatoms. The normalized spacial score (nSPS) is 16.0. The number of methoxy groups -OCH3 is 1. The SMILES string of the molecule is COc1ccc(NC(=O)CN2CCN(Cc3ccsc3)CC2)cc1. The summed E-state index contributed by atoms with van der Waals surface area (Å²) in [5.41, 5.74) is 2.18. The molecule has 1 aliphatic heterocycles. The van der Waals surface area contributed by atoms with Crippen molar-refractivity contribution in [3.05, 3.63) is 46.7 Å². The molecule has 0 aliphatic carbocycles. The number of benzene rings is 1. The van der Waals surface area contributed by atoms with Gasteiger partial charge in [-0.05, 0) is 46.7 Å². The van der Waals surface area contributed by atoms with Gasteiger partial charge < -0.3 is 10.1 Å². The number of carbonyl (C=O) groups excluding carboxylic acids is 1. The Balaban J connectivity index is 1.41. The first-order valence-electron chi connectivity index (χ1n) is 8.12. The first-order chi connectivity index (χ1) is 11.7. The van der Waals surface area contributed by atoms with E-state index in [4.69, 9.17) is 4.74 Å². The highest BCUT2D eigenvalue weighted by Crippen LogP contribution is 2.15. The summed E-state index contributed by atoms with van der Waals surface area (Å²) in [6, 6.07) is 9.59. The first-order valence-corrected chi connectivity index (χ1v) is 9.07. The molecule has 5 nitrogen and oxygen atoms in total. The van der Waals surface area contributed by atoms with Gasteiger partial charge in [0.2, 0.25) is 5.91 Å². The Hall–Kier alpha value is -1.89. The lowest BCUT2D eigenvalue weighted by molar-refractivity contribution is -0.117. The van der Waals surface area contributed by atoms with Crippen LogP contribution >= 0.6 is 11.3 Å². The van der Waals surface area contributed by atoms with Gasteiger partial charge in [-0.2, -0.15) is 11.3 Å². The van der Waals surface area contributed by atoms with Gasteiger partial charge in [-0.25, -0.2) is 0 Å². The largest absolute Gasteiger partial charge is 0.497 e. The van der Waals surface area contributed by atoms with Crippen LogP contribution in [0.4, 0.5) is 5.69 Å². The van der Waals surface area contributed by atoms with Gasteiger partial charge in [0.05, 0.1) is 13.7 Å². The van der Waals surface area contributed by atoms with Crippen LogP contribution in [0.2, 0.25) is 0 Å². The molecule has 1 amide bonds. The first kappa shape index (κ1) is 17.0. The minimum atomic E-state index is 0.0338. The Morgan fingerprint density at radius 2 is 1.83 bits per heavy atom. The molecule has 1 aliphatic rings. The number of hydrogen-bond acceptors (Lipinski definition) is 5. The maximum atomic E-state index is 12.2. The molecule has 3 rings (SSSR count). The maximum absolute atomic E-state index is 12.2. The summed E-state index contributed by atoms with van der Waals surface area (Å²) in [6.45, 7) is 5.32. The second-order valence-electron chi connectivity index (χ2n) is 5.96. The average molecular weight is 345 g/mol. The van der Waals surface area contributed by atoms with Gasteiger partial charge in [0.1, 0.15) is 5.75 Å². The fraction of sp³-hybridized carbons (Fsp3) is 0.389.